The first-order chi connectivity index (χ1) is 16.8. The second-order valence-corrected chi connectivity index (χ2v) is 8.79. The third-order valence-electron chi connectivity index (χ3n) is 5.03. The predicted octanol–water partition coefficient (Wildman–Crippen LogP) is -2.11. The lowest BCUT2D eigenvalue weighted by molar-refractivity contribution is -0.144. The van der Waals surface area contributed by atoms with Gasteiger partial charge in [0, 0.05) is 0 Å². The van der Waals surface area contributed by atoms with Gasteiger partial charge in [0.1, 0.15) is 18.1 Å². The first-order valence-electron chi connectivity index (χ1n) is 11.3. The van der Waals surface area contributed by atoms with E-state index in [0.717, 1.165) is 5.56 Å². The van der Waals surface area contributed by atoms with Crippen molar-refractivity contribution in [3.05, 3.63) is 35.9 Å². The molecule has 0 heterocycles. The van der Waals surface area contributed by atoms with Gasteiger partial charge >= 0.3 is 5.97 Å². The Kier molecular flexibility index (Phi) is 12.0. The van der Waals surface area contributed by atoms with Crippen LogP contribution in [-0.2, 0) is 35.2 Å². The van der Waals surface area contributed by atoms with Crippen molar-refractivity contribution < 1.29 is 33.9 Å². The molecule has 4 atom stereocenters. The molecule has 0 aliphatic carbocycles. The van der Waals surface area contributed by atoms with Gasteiger partial charge in [-0.2, -0.15) is 0 Å². The van der Waals surface area contributed by atoms with E-state index in [1.54, 1.807) is 44.2 Å². The van der Waals surface area contributed by atoms with Gasteiger partial charge in [-0.15, -0.1) is 0 Å². The molecule has 0 radical (unpaired) electrons. The number of amides is 5. The number of benzene rings is 1. The number of rotatable bonds is 15. The monoisotopic (exact) mass is 506 g/mol. The van der Waals surface area contributed by atoms with Gasteiger partial charge in [-0.25, -0.2) is 4.79 Å². The number of carboxylic acid groups (broad SMARTS) is 1. The van der Waals surface area contributed by atoms with Gasteiger partial charge in [0.2, 0.25) is 29.5 Å². The predicted molar refractivity (Wildman–Crippen MR) is 129 cm³/mol. The van der Waals surface area contributed by atoms with Gasteiger partial charge in [0.15, 0.2) is 0 Å². The normalized spacial score (nSPS) is 14.1. The quantitative estimate of drug-likeness (QED) is 0.139. The summed E-state index contributed by atoms with van der Waals surface area (Å²) in [5.74, 6) is -5.91. The van der Waals surface area contributed by atoms with Crippen molar-refractivity contribution in [1.82, 2.24) is 16.0 Å². The molecular weight excluding hydrogens is 472 g/mol. The number of carboxylic acids is 1. The Morgan fingerprint density at radius 2 is 1.25 bits per heavy atom. The third kappa shape index (κ3) is 11.0. The minimum absolute atomic E-state index is 0.0885. The zero-order valence-electron chi connectivity index (χ0n) is 20.2. The highest BCUT2D eigenvalue weighted by molar-refractivity contribution is 5.96. The Bertz CT molecular complexity index is 954. The largest absolute Gasteiger partial charge is 0.480 e. The summed E-state index contributed by atoms with van der Waals surface area (Å²) in [6, 6.07) is 3.62. The summed E-state index contributed by atoms with van der Waals surface area (Å²) < 4.78 is 0. The van der Waals surface area contributed by atoms with E-state index < -0.39 is 72.5 Å². The number of nitrogens with two attached hydrogens (primary N) is 3. The van der Waals surface area contributed by atoms with E-state index in [0.29, 0.717) is 0 Å². The Morgan fingerprint density at radius 3 is 1.75 bits per heavy atom. The van der Waals surface area contributed by atoms with Gasteiger partial charge in [-0.05, 0) is 24.3 Å². The van der Waals surface area contributed by atoms with Crippen LogP contribution in [0.15, 0.2) is 30.3 Å². The molecule has 198 valence electrons. The molecule has 13 nitrogen and oxygen atoms in total. The zero-order chi connectivity index (χ0) is 27.4. The number of primary amides is 2. The van der Waals surface area contributed by atoms with Crippen molar-refractivity contribution in [2.75, 3.05) is 0 Å². The van der Waals surface area contributed by atoms with Crippen LogP contribution in [-0.4, -0.2) is 64.8 Å². The van der Waals surface area contributed by atoms with E-state index in [9.17, 15) is 33.9 Å². The minimum atomic E-state index is -1.60. The number of carbonyl (C=O) groups excluding carboxylic acids is 5. The third-order valence-corrected chi connectivity index (χ3v) is 5.03. The summed E-state index contributed by atoms with van der Waals surface area (Å²) in [7, 11) is 0. The number of nitrogens with one attached hydrogen (secondary N) is 3. The van der Waals surface area contributed by atoms with Crippen molar-refractivity contribution in [3.63, 3.8) is 0 Å². The maximum absolute atomic E-state index is 12.9. The van der Waals surface area contributed by atoms with E-state index in [1.165, 1.54) is 0 Å². The first-order valence-corrected chi connectivity index (χ1v) is 11.3. The minimum Gasteiger partial charge on any atom is -0.480 e. The maximum Gasteiger partial charge on any atom is 0.326 e. The summed E-state index contributed by atoms with van der Waals surface area (Å²) in [6.45, 7) is 3.52. The van der Waals surface area contributed by atoms with Crippen molar-refractivity contribution in [2.24, 2.45) is 23.1 Å². The number of hydrogen-bond acceptors (Lipinski definition) is 7. The van der Waals surface area contributed by atoms with E-state index in [4.69, 9.17) is 17.2 Å². The molecule has 5 amide bonds. The fraction of sp³-hybridized carbons (Fsp3) is 0.478. The molecule has 36 heavy (non-hydrogen) atoms. The van der Waals surface area contributed by atoms with Gasteiger partial charge < -0.3 is 38.3 Å². The summed E-state index contributed by atoms with van der Waals surface area (Å²) in [6.07, 6.45) is -0.953. The molecular formula is C23H34N6O7. The second kappa shape index (κ2) is 14.4. The number of carbonyl (C=O) groups is 6. The van der Waals surface area contributed by atoms with E-state index in [-0.39, 0.29) is 18.8 Å². The molecule has 0 spiro atoms. The molecule has 0 bridgehead atoms. The van der Waals surface area contributed by atoms with Crippen molar-refractivity contribution in [3.8, 4) is 0 Å². The molecule has 0 saturated carbocycles. The Morgan fingerprint density at radius 1 is 0.778 bits per heavy atom. The van der Waals surface area contributed by atoms with Crippen molar-refractivity contribution in [2.45, 2.75) is 63.7 Å². The Balaban J connectivity index is 2.98. The zero-order valence-corrected chi connectivity index (χ0v) is 20.2. The summed E-state index contributed by atoms with van der Waals surface area (Å²) in [5.41, 5.74) is 17.0. The fourth-order valence-electron chi connectivity index (χ4n) is 3.30. The molecule has 1 rings (SSSR count). The maximum atomic E-state index is 12.9. The fourth-order valence-corrected chi connectivity index (χ4v) is 3.30. The Hall–Kier alpha value is -4.00. The topological polar surface area (TPSA) is 237 Å². The van der Waals surface area contributed by atoms with Crippen LogP contribution in [0.3, 0.4) is 0 Å². The SMILES string of the molecule is CC(C)CC(NC(=O)C(CC(N)=O)NC(=O)C(N)Cc1ccccc1)C(=O)NC(CC(N)=O)C(=O)O. The molecule has 1 aromatic carbocycles. The lowest BCUT2D eigenvalue weighted by Crippen LogP contribution is -2.58. The summed E-state index contributed by atoms with van der Waals surface area (Å²) in [5, 5.41) is 16.2. The van der Waals surface area contributed by atoms with Crippen LogP contribution >= 0.6 is 0 Å². The van der Waals surface area contributed by atoms with Crippen molar-refractivity contribution in [1.29, 1.82) is 0 Å². The van der Waals surface area contributed by atoms with E-state index in [2.05, 4.69) is 16.0 Å². The van der Waals surface area contributed by atoms with E-state index in [1.807, 2.05) is 0 Å². The van der Waals surface area contributed by atoms with Gasteiger partial charge in [-0.1, -0.05) is 44.2 Å². The van der Waals surface area contributed by atoms with Crippen LogP contribution < -0.4 is 33.2 Å². The van der Waals surface area contributed by atoms with Crippen molar-refractivity contribution >= 4 is 35.5 Å². The molecule has 0 aliphatic rings. The van der Waals surface area contributed by atoms with Crippen LogP contribution in [0.4, 0.5) is 0 Å². The molecule has 10 N–H and O–H groups in total. The molecule has 0 saturated heterocycles. The highest BCUT2D eigenvalue weighted by Crippen LogP contribution is 2.08. The van der Waals surface area contributed by atoms with Gasteiger partial charge in [0.05, 0.1) is 18.9 Å². The standard InChI is InChI=1S/C23H34N6O7/c1-12(2)8-15(21(33)29-17(23(35)36)11-19(26)31)28-22(34)16(10-18(25)30)27-20(32)14(24)9-13-6-4-3-5-7-13/h3-7,12,14-17H,8-11,24H2,1-2H3,(H2,25,30)(H2,26,31)(H,27,32)(H,28,34)(H,29,33)(H,35,36). The molecule has 0 aromatic heterocycles. The second-order valence-electron chi connectivity index (χ2n) is 8.79. The Labute approximate surface area is 208 Å². The highest BCUT2D eigenvalue weighted by Gasteiger charge is 2.32. The smallest absolute Gasteiger partial charge is 0.326 e. The number of aliphatic carboxylic acids is 1. The average molecular weight is 507 g/mol. The summed E-state index contributed by atoms with van der Waals surface area (Å²) >= 11 is 0. The van der Waals surface area contributed by atoms with Crippen LogP contribution in [0.25, 0.3) is 0 Å². The van der Waals surface area contributed by atoms with E-state index >= 15 is 0 Å². The summed E-state index contributed by atoms with van der Waals surface area (Å²) in [4.78, 5) is 72.3. The lowest BCUT2D eigenvalue weighted by Gasteiger charge is -2.25. The average Bonchev–Trinajstić information content (AvgIpc) is 2.77. The first kappa shape index (κ1) is 30.0. The number of hydrogen-bond donors (Lipinski definition) is 7. The molecule has 1 aromatic rings. The highest BCUT2D eigenvalue weighted by atomic mass is 16.4. The lowest BCUT2D eigenvalue weighted by atomic mass is 10.0. The molecule has 13 heteroatoms. The molecule has 0 fully saturated rings. The van der Waals surface area contributed by atoms with Gasteiger partial charge in [-0.3, -0.25) is 24.0 Å². The van der Waals surface area contributed by atoms with Crippen LogP contribution in [0.1, 0.15) is 38.7 Å². The van der Waals surface area contributed by atoms with Gasteiger partial charge in [0.25, 0.3) is 0 Å². The van der Waals surface area contributed by atoms with Crippen LogP contribution in [0.2, 0.25) is 0 Å². The molecule has 4 unspecified atom stereocenters. The molecule has 0 aliphatic heterocycles. The van der Waals surface area contributed by atoms with Crippen LogP contribution in [0, 0.1) is 5.92 Å². The van der Waals surface area contributed by atoms with Crippen LogP contribution in [0.5, 0.6) is 0 Å².